The van der Waals surface area contributed by atoms with Gasteiger partial charge in [0.1, 0.15) is 13.2 Å². The van der Waals surface area contributed by atoms with Crippen LogP contribution in [0.4, 0.5) is 0 Å². The van der Waals surface area contributed by atoms with Crippen LogP contribution >= 0.6 is 15.9 Å². The molecule has 1 atom stereocenters. The molecule has 112 valence electrons. The first-order chi connectivity index (χ1) is 10.1. The molecule has 2 heterocycles. The van der Waals surface area contributed by atoms with E-state index in [1.807, 2.05) is 32.2 Å². The molecular weight excluding hydrogens is 336 g/mol. The molecule has 5 nitrogen and oxygen atoms in total. The summed E-state index contributed by atoms with van der Waals surface area (Å²) in [7, 11) is 1.88. The molecule has 3 rings (SSSR count). The maximum absolute atomic E-state index is 10.5. The van der Waals surface area contributed by atoms with E-state index < -0.39 is 6.10 Å². The molecule has 1 unspecified atom stereocenters. The lowest BCUT2D eigenvalue weighted by atomic mass is 10.0. The number of fused-ring (bicyclic) bond motifs is 1. The van der Waals surface area contributed by atoms with E-state index in [0.717, 1.165) is 27.2 Å². The number of hydrogen-bond donors (Lipinski definition) is 1. The Morgan fingerprint density at radius 2 is 2.05 bits per heavy atom. The van der Waals surface area contributed by atoms with E-state index >= 15 is 0 Å². The third-order valence-electron chi connectivity index (χ3n) is 3.60. The predicted molar refractivity (Wildman–Crippen MR) is 81.7 cm³/mol. The Morgan fingerprint density at radius 1 is 1.33 bits per heavy atom. The number of ether oxygens (including phenoxy) is 2. The number of aryl methyl sites for hydroxylation is 2. The van der Waals surface area contributed by atoms with E-state index in [0.29, 0.717) is 25.4 Å². The molecule has 1 aliphatic heterocycles. The van der Waals surface area contributed by atoms with Gasteiger partial charge >= 0.3 is 0 Å². The van der Waals surface area contributed by atoms with Gasteiger partial charge in [0.05, 0.1) is 22.0 Å². The number of hydrogen-bond acceptors (Lipinski definition) is 4. The number of aromatic nitrogens is 2. The topological polar surface area (TPSA) is 56.5 Å². The second-order valence-corrected chi connectivity index (χ2v) is 5.89. The maximum atomic E-state index is 10.5. The first-order valence-electron chi connectivity index (χ1n) is 6.82. The van der Waals surface area contributed by atoms with Gasteiger partial charge in [-0.2, -0.15) is 5.10 Å². The van der Waals surface area contributed by atoms with Gasteiger partial charge in [-0.15, -0.1) is 0 Å². The highest BCUT2D eigenvalue weighted by molar-refractivity contribution is 9.10. The minimum atomic E-state index is -0.619. The van der Waals surface area contributed by atoms with Crippen LogP contribution in [0.3, 0.4) is 0 Å². The Kier molecular flexibility index (Phi) is 3.91. The SMILES string of the molecule is Cc1nn(C)c(CC(O)c2ccc3c(c2)OCCO3)c1Br. The molecule has 21 heavy (non-hydrogen) atoms. The van der Waals surface area contributed by atoms with Crippen molar-refractivity contribution < 1.29 is 14.6 Å². The van der Waals surface area contributed by atoms with Crippen molar-refractivity contribution in [2.75, 3.05) is 13.2 Å². The van der Waals surface area contributed by atoms with Gasteiger partial charge in [-0.3, -0.25) is 4.68 Å². The first kappa shape index (κ1) is 14.4. The van der Waals surface area contributed by atoms with Crippen LogP contribution in [-0.2, 0) is 13.5 Å². The average Bonchev–Trinajstić information content (AvgIpc) is 2.73. The number of aliphatic hydroxyl groups excluding tert-OH is 1. The highest BCUT2D eigenvalue weighted by Crippen LogP contribution is 2.34. The molecular formula is C15H17BrN2O3. The molecule has 1 aromatic heterocycles. The molecule has 0 saturated carbocycles. The zero-order chi connectivity index (χ0) is 15.0. The summed E-state index contributed by atoms with van der Waals surface area (Å²) < 4.78 is 13.8. The first-order valence-corrected chi connectivity index (χ1v) is 7.61. The summed E-state index contributed by atoms with van der Waals surface area (Å²) in [4.78, 5) is 0. The number of benzene rings is 1. The Balaban J connectivity index is 1.83. The monoisotopic (exact) mass is 352 g/mol. The van der Waals surface area contributed by atoms with Crippen LogP contribution < -0.4 is 9.47 Å². The lowest BCUT2D eigenvalue weighted by molar-refractivity contribution is 0.163. The summed E-state index contributed by atoms with van der Waals surface area (Å²) >= 11 is 3.52. The van der Waals surface area contributed by atoms with Gasteiger partial charge in [-0.25, -0.2) is 0 Å². The smallest absolute Gasteiger partial charge is 0.161 e. The van der Waals surface area contributed by atoms with Crippen LogP contribution in [-0.4, -0.2) is 28.1 Å². The molecule has 1 aromatic carbocycles. The van der Waals surface area contributed by atoms with Crippen LogP contribution in [0, 0.1) is 6.92 Å². The van der Waals surface area contributed by atoms with E-state index in [4.69, 9.17) is 9.47 Å². The van der Waals surface area contributed by atoms with Crippen molar-refractivity contribution >= 4 is 15.9 Å². The van der Waals surface area contributed by atoms with Crippen molar-refractivity contribution in [2.45, 2.75) is 19.4 Å². The summed E-state index contributed by atoms with van der Waals surface area (Å²) in [5.74, 6) is 1.42. The van der Waals surface area contributed by atoms with Crippen LogP contribution in [0.2, 0.25) is 0 Å². The van der Waals surface area contributed by atoms with E-state index in [1.54, 1.807) is 4.68 Å². The fraction of sp³-hybridized carbons (Fsp3) is 0.400. The zero-order valence-electron chi connectivity index (χ0n) is 12.0. The van der Waals surface area contributed by atoms with E-state index in [-0.39, 0.29) is 0 Å². The third-order valence-corrected chi connectivity index (χ3v) is 4.63. The lowest BCUT2D eigenvalue weighted by Gasteiger charge is -2.20. The second-order valence-electron chi connectivity index (χ2n) is 5.09. The highest BCUT2D eigenvalue weighted by atomic mass is 79.9. The van der Waals surface area contributed by atoms with Crippen molar-refractivity contribution in [3.8, 4) is 11.5 Å². The lowest BCUT2D eigenvalue weighted by Crippen LogP contribution is -2.16. The fourth-order valence-corrected chi connectivity index (χ4v) is 2.97. The Morgan fingerprint density at radius 3 is 2.71 bits per heavy atom. The van der Waals surface area contributed by atoms with E-state index in [1.165, 1.54) is 0 Å². The molecule has 2 aromatic rings. The predicted octanol–water partition coefficient (Wildman–Crippen LogP) is 2.54. The van der Waals surface area contributed by atoms with Crippen molar-refractivity contribution in [3.63, 3.8) is 0 Å². The highest BCUT2D eigenvalue weighted by Gasteiger charge is 2.19. The third kappa shape index (κ3) is 2.78. The minimum absolute atomic E-state index is 0.484. The number of nitrogens with zero attached hydrogens (tertiary/aromatic N) is 2. The maximum Gasteiger partial charge on any atom is 0.161 e. The molecule has 0 amide bonds. The molecule has 0 bridgehead atoms. The normalized spacial score (nSPS) is 15.0. The molecule has 0 spiro atoms. The molecule has 0 aliphatic carbocycles. The van der Waals surface area contributed by atoms with E-state index in [9.17, 15) is 5.11 Å². The zero-order valence-corrected chi connectivity index (χ0v) is 13.6. The Bertz CT molecular complexity index is 669. The van der Waals surface area contributed by atoms with Gasteiger partial charge in [0.25, 0.3) is 0 Å². The van der Waals surface area contributed by atoms with Gasteiger partial charge in [-0.1, -0.05) is 6.07 Å². The number of rotatable bonds is 3. The summed E-state index contributed by atoms with van der Waals surface area (Å²) in [5.41, 5.74) is 2.70. The van der Waals surface area contributed by atoms with Crippen molar-refractivity contribution in [1.29, 1.82) is 0 Å². The standard InChI is InChI=1S/C15H17BrN2O3/c1-9-15(16)11(18(2)17-9)8-12(19)10-3-4-13-14(7-10)21-6-5-20-13/h3-4,7,12,19H,5-6,8H2,1-2H3. The number of aliphatic hydroxyl groups is 1. The fourth-order valence-electron chi connectivity index (χ4n) is 2.47. The van der Waals surface area contributed by atoms with Crippen LogP contribution in [0.15, 0.2) is 22.7 Å². The quantitative estimate of drug-likeness (QED) is 0.922. The largest absolute Gasteiger partial charge is 0.486 e. The summed E-state index contributed by atoms with van der Waals surface area (Å²) in [6.45, 7) is 3.04. The summed E-state index contributed by atoms with van der Waals surface area (Å²) in [6.07, 6.45) is -0.135. The summed E-state index contributed by atoms with van der Waals surface area (Å²) in [6, 6.07) is 5.56. The van der Waals surface area contributed by atoms with Gasteiger partial charge in [0.2, 0.25) is 0 Å². The average molecular weight is 353 g/mol. The summed E-state index contributed by atoms with van der Waals surface area (Å²) in [5, 5.41) is 14.8. The number of halogens is 1. The van der Waals surface area contributed by atoms with Crippen molar-refractivity contribution in [3.05, 3.63) is 39.6 Å². The Hall–Kier alpha value is -1.53. The molecule has 0 fully saturated rings. The second kappa shape index (κ2) is 5.69. The Labute approximate surface area is 131 Å². The molecule has 1 N–H and O–H groups in total. The van der Waals surface area contributed by atoms with Crippen LogP contribution in [0.5, 0.6) is 11.5 Å². The van der Waals surface area contributed by atoms with Crippen molar-refractivity contribution in [1.82, 2.24) is 9.78 Å². The van der Waals surface area contributed by atoms with Gasteiger partial charge in [0, 0.05) is 13.5 Å². The molecule has 6 heteroatoms. The van der Waals surface area contributed by atoms with Crippen LogP contribution in [0.1, 0.15) is 23.1 Å². The van der Waals surface area contributed by atoms with Gasteiger partial charge in [-0.05, 0) is 40.5 Å². The molecule has 0 radical (unpaired) electrons. The van der Waals surface area contributed by atoms with Crippen LogP contribution in [0.25, 0.3) is 0 Å². The molecule has 0 saturated heterocycles. The van der Waals surface area contributed by atoms with Gasteiger partial charge < -0.3 is 14.6 Å². The van der Waals surface area contributed by atoms with Gasteiger partial charge in [0.15, 0.2) is 11.5 Å². The van der Waals surface area contributed by atoms with E-state index in [2.05, 4.69) is 21.0 Å². The minimum Gasteiger partial charge on any atom is -0.486 e. The van der Waals surface area contributed by atoms with Crippen molar-refractivity contribution in [2.24, 2.45) is 7.05 Å². The molecule has 1 aliphatic rings.